The number of aromatic nitrogens is 2. The van der Waals surface area contributed by atoms with Gasteiger partial charge in [-0.2, -0.15) is 4.98 Å². The fourth-order valence-electron chi connectivity index (χ4n) is 3.52. The summed E-state index contributed by atoms with van der Waals surface area (Å²) >= 11 is 0. The zero-order valence-electron chi connectivity index (χ0n) is 12.3. The van der Waals surface area contributed by atoms with Crippen LogP contribution in [-0.4, -0.2) is 35.9 Å². The van der Waals surface area contributed by atoms with Gasteiger partial charge in [0.05, 0.1) is 6.10 Å². The maximum Gasteiger partial charge on any atom is 0.226 e. The maximum absolute atomic E-state index is 5.62. The molecule has 0 radical (unpaired) electrons. The van der Waals surface area contributed by atoms with E-state index >= 15 is 0 Å². The maximum atomic E-state index is 5.62. The minimum absolute atomic E-state index is 0.292. The van der Waals surface area contributed by atoms with Gasteiger partial charge in [0.25, 0.3) is 0 Å². The fourth-order valence-corrected chi connectivity index (χ4v) is 3.52. The van der Waals surface area contributed by atoms with Gasteiger partial charge < -0.3 is 14.6 Å². The summed E-state index contributed by atoms with van der Waals surface area (Å²) in [4.78, 5) is 4.55. The van der Waals surface area contributed by atoms with Crippen LogP contribution >= 0.6 is 0 Å². The van der Waals surface area contributed by atoms with Crippen LogP contribution in [0.5, 0.6) is 0 Å². The lowest BCUT2D eigenvalue weighted by atomic mass is 9.82. The molecule has 2 heterocycles. The average molecular weight is 279 g/mol. The van der Waals surface area contributed by atoms with Gasteiger partial charge in [0.15, 0.2) is 5.82 Å². The molecule has 1 aromatic rings. The van der Waals surface area contributed by atoms with Crippen molar-refractivity contribution in [1.29, 1.82) is 0 Å². The first-order valence-electron chi connectivity index (χ1n) is 7.95. The highest BCUT2D eigenvalue weighted by atomic mass is 16.5. The molecule has 1 saturated heterocycles. The van der Waals surface area contributed by atoms with Crippen molar-refractivity contribution in [3.8, 4) is 0 Å². The molecular weight excluding hydrogens is 254 g/mol. The predicted molar refractivity (Wildman–Crippen MR) is 75.5 cm³/mol. The van der Waals surface area contributed by atoms with Crippen LogP contribution in [0, 0.1) is 5.92 Å². The Hall–Kier alpha value is -0.940. The van der Waals surface area contributed by atoms with Crippen LogP contribution in [0.15, 0.2) is 4.52 Å². The summed E-state index contributed by atoms with van der Waals surface area (Å²) in [6.07, 6.45) is 9.44. The molecule has 20 heavy (non-hydrogen) atoms. The molecule has 1 aliphatic heterocycles. The second-order valence-electron chi connectivity index (χ2n) is 6.09. The van der Waals surface area contributed by atoms with Crippen molar-refractivity contribution in [2.45, 2.75) is 63.5 Å². The van der Waals surface area contributed by atoms with E-state index in [1.165, 1.54) is 25.7 Å². The molecule has 0 bridgehead atoms. The van der Waals surface area contributed by atoms with Crippen molar-refractivity contribution in [3.05, 3.63) is 11.7 Å². The first-order chi connectivity index (χ1) is 9.85. The van der Waals surface area contributed by atoms with Crippen LogP contribution < -0.4 is 5.32 Å². The lowest BCUT2D eigenvalue weighted by Crippen LogP contribution is -2.37. The van der Waals surface area contributed by atoms with Gasteiger partial charge in [-0.05, 0) is 38.6 Å². The minimum Gasteiger partial charge on any atom is -0.378 e. The van der Waals surface area contributed by atoms with Crippen LogP contribution in [0.2, 0.25) is 0 Å². The summed E-state index contributed by atoms with van der Waals surface area (Å²) in [6.45, 7) is 0.876. The summed E-state index contributed by atoms with van der Waals surface area (Å²) < 4.78 is 11.0. The number of nitrogens with one attached hydrogen (secondary N) is 1. The zero-order chi connectivity index (χ0) is 13.8. The lowest BCUT2D eigenvalue weighted by Gasteiger charge is -2.30. The van der Waals surface area contributed by atoms with Crippen molar-refractivity contribution in [1.82, 2.24) is 15.5 Å². The van der Waals surface area contributed by atoms with Crippen LogP contribution in [0.1, 0.15) is 50.2 Å². The summed E-state index contributed by atoms with van der Waals surface area (Å²) in [6, 6.07) is 0.595. The fraction of sp³-hybridized carbons (Fsp3) is 0.867. The third-order valence-electron chi connectivity index (χ3n) is 4.66. The van der Waals surface area contributed by atoms with Crippen molar-refractivity contribution in [3.63, 3.8) is 0 Å². The van der Waals surface area contributed by atoms with Crippen molar-refractivity contribution >= 4 is 0 Å². The summed E-state index contributed by atoms with van der Waals surface area (Å²) in [7, 11) is 2.06. The largest absolute Gasteiger partial charge is 0.378 e. The van der Waals surface area contributed by atoms with E-state index in [1.54, 1.807) is 0 Å². The van der Waals surface area contributed by atoms with Gasteiger partial charge in [-0.15, -0.1) is 0 Å². The Balaban J connectivity index is 1.55. The van der Waals surface area contributed by atoms with E-state index in [0.717, 1.165) is 44.0 Å². The third kappa shape index (κ3) is 3.38. The van der Waals surface area contributed by atoms with E-state index in [9.17, 15) is 0 Å². The average Bonchev–Trinajstić information content (AvgIpc) is 3.12. The molecule has 5 nitrogen and oxygen atoms in total. The van der Waals surface area contributed by atoms with Crippen LogP contribution in [0.3, 0.4) is 0 Å². The highest BCUT2D eigenvalue weighted by molar-refractivity contribution is 4.93. The number of nitrogens with zero attached hydrogens (tertiary/aromatic N) is 2. The number of rotatable bonds is 5. The van der Waals surface area contributed by atoms with Crippen LogP contribution in [0.4, 0.5) is 0 Å². The first-order valence-corrected chi connectivity index (χ1v) is 7.95. The lowest BCUT2D eigenvalue weighted by molar-refractivity contribution is 0.109. The van der Waals surface area contributed by atoms with Gasteiger partial charge in [0, 0.05) is 25.5 Å². The molecule has 0 spiro atoms. The second kappa shape index (κ2) is 6.68. The van der Waals surface area contributed by atoms with E-state index in [-0.39, 0.29) is 0 Å². The van der Waals surface area contributed by atoms with Crippen LogP contribution in [-0.2, 0) is 17.6 Å². The molecule has 3 atom stereocenters. The minimum atomic E-state index is 0.292. The molecule has 2 aliphatic rings. The zero-order valence-corrected chi connectivity index (χ0v) is 12.3. The SMILES string of the molecule is CNC1CCCCC1Cc1nc(CC2CCCO2)no1. The van der Waals surface area contributed by atoms with Gasteiger partial charge in [0.1, 0.15) is 0 Å². The molecule has 3 unspecified atom stereocenters. The number of ether oxygens (including phenoxy) is 1. The van der Waals surface area contributed by atoms with Gasteiger partial charge in [0.2, 0.25) is 5.89 Å². The highest BCUT2D eigenvalue weighted by Gasteiger charge is 2.26. The summed E-state index contributed by atoms with van der Waals surface area (Å²) in [5.74, 6) is 2.23. The van der Waals surface area contributed by atoms with Gasteiger partial charge in [-0.25, -0.2) is 0 Å². The number of hydrogen-bond acceptors (Lipinski definition) is 5. The molecule has 0 aromatic carbocycles. The molecule has 112 valence electrons. The topological polar surface area (TPSA) is 60.2 Å². The van der Waals surface area contributed by atoms with Crippen LogP contribution in [0.25, 0.3) is 0 Å². The molecule has 1 aromatic heterocycles. The van der Waals surface area contributed by atoms with E-state index in [2.05, 4.69) is 22.5 Å². The molecule has 1 N–H and O–H groups in total. The van der Waals surface area contributed by atoms with E-state index in [0.29, 0.717) is 18.1 Å². The summed E-state index contributed by atoms with van der Waals surface area (Å²) in [5.41, 5.74) is 0. The monoisotopic (exact) mass is 279 g/mol. The quantitative estimate of drug-likeness (QED) is 0.894. The Morgan fingerprint density at radius 3 is 2.85 bits per heavy atom. The van der Waals surface area contributed by atoms with E-state index in [1.807, 2.05) is 0 Å². The Labute approximate surface area is 120 Å². The van der Waals surface area contributed by atoms with Gasteiger partial charge >= 0.3 is 0 Å². The molecular formula is C15H25N3O2. The Morgan fingerprint density at radius 1 is 1.15 bits per heavy atom. The molecule has 0 amide bonds. The highest BCUT2D eigenvalue weighted by Crippen LogP contribution is 2.27. The molecule has 5 heteroatoms. The number of hydrogen-bond donors (Lipinski definition) is 1. The van der Waals surface area contributed by atoms with Gasteiger partial charge in [-0.1, -0.05) is 18.0 Å². The second-order valence-corrected chi connectivity index (χ2v) is 6.09. The molecule has 2 fully saturated rings. The summed E-state index contributed by atoms with van der Waals surface area (Å²) in [5, 5.41) is 7.54. The van der Waals surface area contributed by atoms with Crippen molar-refractivity contribution in [2.24, 2.45) is 5.92 Å². The molecule has 1 saturated carbocycles. The Bertz CT molecular complexity index is 415. The predicted octanol–water partition coefficient (Wildman–Crippen LogP) is 2.11. The van der Waals surface area contributed by atoms with E-state index in [4.69, 9.17) is 9.26 Å². The first kappa shape index (κ1) is 14.0. The van der Waals surface area contributed by atoms with Crippen molar-refractivity contribution < 1.29 is 9.26 Å². The Kier molecular flexibility index (Phi) is 4.68. The van der Waals surface area contributed by atoms with E-state index < -0.39 is 0 Å². The molecule has 1 aliphatic carbocycles. The smallest absolute Gasteiger partial charge is 0.226 e. The van der Waals surface area contributed by atoms with Crippen molar-refractivity contribution in [2.75, 3.05) is 13.7 Å². The molecule has 3 rings (SSSR count). The standard InChI is InChI=1S/C15H25N3O2/c1-16-13-7-3-2-5-11(13)9-15-17-14(18-20-15)10-12-6-4-8-19-12/h11-13,16H,2-10H2,1H3. The normalized spacial score (nSPS) is 30.8. The Morgan fingerprint density at radius 2 is 2.05 bits per heavy atom. The third-order valence-corrected chi connectivity index (χ3v) is 4.66. The van der Waals surface area contributed by atoms with Gasteiger partial charge in [-0.3, -0.25) is 0 Å².